The number of benzene rings is 2. The topological polar surface area (TPSA) is 73.1 Å². The van der Waals surface area contributed by atoms with Crippen molar-refractivity contribution in [3.05, 3.63) is 75.7 Å². The van der Waals surface area contributed by atoms with E-state index in [4.69, 9.17) is 0 Å². The highest BCUT2D eigenvalue weighted by atomic mass is 32.2. The fourth-order valence-electron chi connectivity index (χ4n) is 2.04. The molecule has 3 rings (SSSR count). The third-order valence-corrected chi connectivity index (χ3v) is 5.30. The summed E-state index contributed by atoms with van der Waals surface area (Å²) in [5, 5.41) is 12.6. The lowest BCUT2D eigenvalue weighted by Gasteiger charge is -1.99. The minimum atomic E-state index is -0.482. The van der Waals surface area contributed by atoms with Crippen LogP contribution in [0.2, 0.25) is 0 Å². The third-order valence-electron chi connectivity index (χ3n) is 3.28. The highest BCUT2D eigenvalue weighted by molar-refractivity contribution is 8.01. The molecule has 0 atom stereocenters. The van der Waals surface area contributed by atoms with E-state index in [9.17, 15) is 14.9 Å². The molecule has 0 saturated heterocycles. The van der Waals surface area contributed by atoms with Gasteiger partial charge in [-0.1, -0.05) is 42.1 Å². The largest absolute Gasteiger partial charge is 0.293 e. The molecule has 0 fully saturated rings. The fraction of sp³-hybridized carbons (Fsp3) is 0.0588. The van der Waals surface area contributed by atoms with Gasteiger partial charge in [0.1, 0.15) is 0 Å². The first-order valence-electron chi connectivity index (χ1n) is 7.05. The van der Waals surface area contributed by atoms with Gasteiger partial charge in [-0.3, -0.25) is 14.9 Å². The molecule has 0 radical (unpaired) electrons. The minimum Gasteiger partial charge on any atom is -0.293 e. The van der Waals surface area contributed by atoms with E-state index in [-0.39, 0.29) is 17.2 Å². The van der Waals surface area contributed by atoms with Gasteiger partial charge in [-0.25, -0.2) is 4.98 Å². The van der Waals surface area contributed by atoms with Crippen molar-refractivity contribution in [1.29, 1.82) is 0 Å². The summed E-state index contributed by atoms with van der Waals surface area (Å²) in [6, 6.07) is 15.5. The van der Waals surface area contributed by atoms with Crippen molar-refractivity contribution in [2.75, 3.05) is 5.75 Å². The van der Waals surface area contributed by atoms with Gasteiger partial charge in [0.25, 0.3) is 5.69 Å². The van der Waals surface area contributed by atoms with Crippen molar-refractivity contribution < 1.29 is 9.72 Å². The number of thiazole rings is 1. The molecular weight excluding hydrogens is 344 g/mol. The summed E-state index contributed by atoms with van der Waals surface area (Å²) in [6.45, 7) is 0. The maximum atomic E-state index is 12.2. The molecule has 1 aromatic heterocycles. The third kappa shape index (κ3) is 3.87. The monoisotopic (exact) mass is 356 g/mol. The van der Waals surface area contributed by atoms with E-state index in [1.807, 2.05) is 35.7 Å². The maximum Gasteiger partial charge on any atom is 0.269 e. The molecule has 0 unspecified atom stereocenters. The molecule has 5 nitrogen and oxygen atoms in total. The normalized spacial score (nSPS) is 10.5. The number of aromatic nitrogens is 1. The molecule has 120 valence electrons. The van der Waals surface area contributed by atoms with Crippen LogP contribution in [-0.4, -0.2) is 21.4 Å². The molecule has 0 bridgehead atoms. The average Bonchev–Trinajstić information content (AvgIpc) is 3.09. The first kappa shape index (κ1) is 16.4. The van der Waals surface area contributed by atoms with E-state index < -0.39 is 4.92 Å². The number of nitro groups is 1. The van der Waals surface area contributed by atoms with E-state index in [2.05, 4.69) is 4.98 Å². The van der Waals surface area contributed by atoms with E-state index in [1.165, 1.54) is 47.4 Å². The van der Waals surface area contributed by atoms with Crippen LogP contribution in [0.25, 0.3) is 11.3 Å². The van der Waals surface area contributed by atoms with Gasteiger partial charge in [0.15, 0.2) is 10.1 Å². The van der Waals surface area contributed by atoms with Crippen LogP contribution in [0.15, 0.2) is 64.3 Å². The molecule has 0 aliphatic heterocycles. The predicted octanol–water partition coefficient (Wildman–Crippen LogP) is 4.69. The first-order chi connectivity index (χ1) is 11.6. The summed E-state index contributed by atoms with van der Waals surface area (Å²) in [6.07, 6.45) is 0. The van der Waals surface area contributed by atoms with Crippen LogP contribution in [0.1, 0.15) is 10.4 Å². The molecular formula is C17H12N2O3S2. The Hall–Kier alpha value is -2.51. The summed E-state index contributed by atoms with van der Waals surface area (Å²) >= 11 is 2.87. The van der Waals surface area contributed by atoms with Gasteiger partial charge in [0.2, 0.25) is 0 Å². The van der Waals surface area contributed by atoms with Crippen molar-refractivity contribution in [3.63, 3.8) is 0 Å². The number of nitrogens with zero attached hydrogens (tertiary/aromatic N) is 2. The number of nitro benzene ring substituents is 1. The number of hydrogen-bond donors (Lipinski definition) is 0. The van der Waals surface area contributed by atoms with Gasteiger partial charge in [-0.2, -0.15) is 0 Å². The number of rotatable bonds is 6. The second-order valence-electron chi connectivity index (χ2n) is 4.88. The van der Waals surface area contributed by atoms with Crippen molar-refractivity contribution in [1.82, 2.24) is 4.98 Å². The maximum absolute atomic E-state index is 12.2. The molecule has 1 heterocycles. The summed E-state index contributed by atoms with van der Waals surface area (Å²) in [5.74, 6) is 0.172. The van der Waals surface area contributed by atoms with Gasteiger partial charge in [-0.05, 0) is 12.1 Å². The Balaban J connectivity index is 1.62. The molecule has 24 heavy (non-hydrogen) atoms. The summed E-state index contributed by atoms with van der Waals surface area (Å²) in [7, 11) is 0. The molecule has 2 aromatic carbocycles. The zero-order valence-corrected chi connectivity index (χ0v) is 14.0. The smallest absolute Gasteiger partial charge is 0.269 e. The quantitative estimate of drug-likeness (QED) is 0.277. The summed E-state index contributed by atoms with van der Waals surface area (Å²) < 4.78 is 0.823. The van der Waals surface area contributed by atoms with E-state index in [0.717, 1.165) is 15.6 Å². The van der Waals surface area contributed by atoms with Gasteiger partial charge in [-0.15, -0.1) is 11.3 Å². The number of carbonyl (C=O) groups is 1. The SMILES string of the molecule is O=C(CSc1nc(-c2ccccc2)cs1)c1ccc([N+](=O)[O-])cc1. The van der Waals surface area contributed by atoms with Gasteiger partial charge >= 0.3 is 0 Å². The Kier molecular flexibility index (Phi) is 5.02. The second kappa shape index (κ2) is 7.37. The van der Waals surface area contributed by atoms with Crippen molar-refractivity contribution in [3.8, 4) is 11.3 Å². The number of non-ortho nitro benzene ring substituents is 1. The molecule has 0 amide bonds. The van der Waals surface area contributed by atoms with Crippen molar-refractivity contribution in [2.24, 2.45) is 0 Å². The lowest BCUT2D eigenvalue weighted by atomic mass is 10.1. The summed E-state index contributed by atoms with van der Waals surface area (Å²) in [4.78, 5) is 26.8. The Labute approximate surface area is 146 Å². The Bertz CT molecular complexity index is 861. The Morgan fingerprint density at radius 3 is 2.50 bits per heavy atom. The Morgan fingerprint density at radius 2 is 1.83 bits per heavy atom. The van der Waals surface area contributed by atoms with Crippen LogP contribution < -0.4 is 0 Å². The molecule has 7 heteroatoms. The lowest BCUT2D eigenvalue weighted by molar-refractivity contribution is -0.384. The van der Waals surface area contributed by atoms with E-state index in [0.29, 0.717) is 5.56 Å². The zero-order chi connectivity index (χ0) is 16.9. The number of ketones is 1. The highest BCUT2D eigenvalue weighted by Crippen LogP contribution is 2.28. The second-order valence-corrected chi connectivity index (χ2v) is 6.96. The van der Waals surface area contributed by atoms with Gasteiger partial charge < -0.3 is 0 Å². The highest BCUT2D eigenvalue weighted by Gasteiger charge is 2.12. The zero-order valence-electron chi connectivity index (χ0n) is 12.4. The van der Waals surface area contributed by atoms with Crippen LogP contribution in [0.3, 0.4) is 0 Å². The Morgan fingerprint density at radius 1 is 1.12 bits per heavy atom. The van der Waals surface area contributed by atoms with Crippen LogP contribution in [-0.2, 0) is 0 Å². The van der Waals surface area contributed by atoms with Crippen molar-refractivity contribution in [2.45, 2.75) is 4.34 Å². The number of Topliss-reactive ketones (excluding diaryl/α,β-unsaturated/α-hetero) is 1. The standard InChI is InChI=1S/C17H12N2O3S2/c20-16(13-6-8-14(9-7-13)19(21)22)11-24-17-18-15(10-23-17)12-4-2-1-3-5-12/h1-10H,11H2. The first-order valence-corrected chi connectivity index (χ1v) is 8.91. The van der Waals surface area contributed by atoms with E-state index >= 15 is 0 Å². The molecule has 0 aliphatic carbocycles. The molecule has 0 spiro atoms. The van der Waals surface area contributed by atoms with Crippen LogP contribution in [0.4, 0.5) is 5.69 Å². The van der Waals surface area contributed by atoms with Gasteiger partial charge in [0, 0.05) is 28.6 Å². The number of hydrogen-bond acceptors (Lipinski definition) is 6. The molecule has 0 aliphatic rings. The fourth-order valence-corrected chi connectivity index (χ4v) is 3.77. The lowest BCUT2D eigenvalue weighted by Crippen LogP contribution is -2.02. The molecule has 3 aromatic rings. The molecule has 0 saturated carbocycles. The van der Waals surface area contributed by atoms with E-state index in [1.54, 1.807) is 0 Å². The number of carbonyl (C=O) groups excluding carboxylic acids is 1. The predicted molar refractivity (Wildman–Crippen MR) is 95.7 cm³/mol. The average molecular weight is 356 g/mol. The number of thioether (sulfide) groups is 1. The van der Waals surface area contributed by atoms with Crippen LogP contribution in [0.5, 0.6) is 0 Å². The molecule has 0 N–H and O–H groups in total. The van der Waals surface area contributed by atoms with Crippen LogP contribution in [0, 0.1) is 10.1 Å². The van der Waals surface area contributed by atoms with Gasteiger partial charge in [0.05, 0.1) is 16.4 Å². The minimum absolute atomic E-state index is 0.0216. The van der Waals surface area contributed by atoms with Crippen molar-refractivity contribution >= 4 is 34.6 Å². The van der Waals surface area contributed by atoms with Crippen LogP contribution >= 0.6 is 23.1 Å². The summed E-state index contributed by atoms with van der Waals surface area (Å²) in [5.41, 5.74) is 2.38.